The number of hydrogen-bond acceptors (Lipinski definition) is 4. The Morgan fingerprint density at radius 1 is 1.37 bits per heavy atom. The highest BCUT2D eigenvalue weighted by molar-refractivity contribution is 14.1. The first-order valence-corrected chi connectivity index (χ1v) is 7.39. The van der Waals surface area contributed by atoms with Gasteiger partial charge in [0.1, 0.15) is 6.10 Å². The van der Waals surface area contributed by atoms with Gasteiger partial charge in [-0.05, 0) is 47.2 Å². The predicted molar refractivity (Wildman–Crippen MR) is 70.2 cm³/mol. The van der Waals surface area contributed by atoms with Crippen molar-refractivity contribution < 1.29 is 31.3 Å². The molecule has 0 aliphatic carbocycles. The van der Waals surface area contributed by atoms with Gasteiger partial charge in [0, 0.05) is 3.57 Å². The molecule has 0 fully saturated rings. The molecule has 1 aromatic carbocycles. The predicted octanol–water partition coefficient (Wildman–Crippen LogP) is 2.38. The number of halogens is 3. The number of esters is 1. The smallest absolute Gasteiger partial charge is 0.452 e. The number of rotatable bonds is 4. The van der Waals surface area contributed by atoms with E-state index >= 15 is 0 Å². The quantitative estimate of drug-likeness (QED) is 0.472. The van der Waals surface area contributed by atoms with Gasteiger partial charge in [0.2, 0.25) is 0 Å². The van der Waals surface area contributed by atoms with Gasteiger partial charge >= 0.3 is 21.3 Å². The van der Waals surface area contributed by atoms with Gasteiger partial charge in [-0.25, -0.2) is 4.79 Å². The number of alkyl halides is 2. The van der Waals surface area contributed by atoms with Crippen molar-refractivity contribution in [2.24, 2.45) is 0 Å². The van der Waals surface area contributed by atoms with Crippen LogP contribution in [-0.2, 0) is 19.6 Å². The van der Waals surface area contributed by atoms with Crippen LogP contribution in [-0.4, -0.2) is 24.2 Å². The highest BCUT2D eigenvalue weighted by atomic mass is 127. The van der Waals surface area contributed by atoms with Gasteiger partial charge < -0.3 is 4.74 Å². The molecular formula is C10H9F2IO5S. The van der Waals surface area contributed by atoms with Crippen molar-refractivity contribution >= 4 is 38.7 Å². The molecule has 0 radical (unpaired) electrons. The standard InChI is InChI=1S/C10H9F2IO5S/c1-6(7-2-4-8(13)5-3-7)18-9(14)10(11,12)19(15,16)17/h2-6H,1H3,(H,15,16,17). The van der Waals surface area contributed by atoms with Gasteiger partial charge in [-0.1, -0.05) is 12.1 Å². The third-order valence-electron chi connectivity index (χ3n) is 2.18. The number of benzene rings is 1. The summed E-state index contributed by atoms with van der Waals surface area (Å²) in [5.74, 6) is -2.32. The fraction of sp³-hybridized carbons (Fsp3) is 0.300. The summed E-state index contributed by atoms with van der Waals surface area (Å²) in [4.78, 5) is 11.0. The fourth-order valence-electron chi connectivity index (χ4n) is 1.14. The average Bonchev–Trinajstić information content (AvgIpc) is 2.28. The van der Waals surface area contributed by atoms with E-state index in [0.29, 0.717) is 5.56 Å². The highest BCUT2D eigenvalue weighted by Gasteiger charge is 2.54. The van der Waals surface area contributed by atoms with E-state index in [4.69, 9.17) is 4.55 Å². The molecule has 0 saturated heterocycles. The zero-order valence-electron chi connectivity index (χ0n) is 9.51. The van der Waals surface area contributed by atoms with Gasteiger partial charge in [0.05, 0.1) is 0 Å². The summed E-state index contributed by atoms with van der Waals surface area (Å²) in [6.45, 7) is 1.31. The molecule has 1 N–H and O–H groups in total. The SMILES string of the molecule is CC(OC(=O)C(F)(F)S(=O)(=O)O)c1ccc(I)cc1. The largest absolute Gasteiger partial charge is 0.465 e. The number of carbonyl (C=O) groups excluding carboxylic acids is 1. The Morgan fingerprint density at radius 2 is 1.84 bits per heavy atom. The van der Waals surface area contributed by atoms with Gasteiger partial charge in [0.15, 0.2) is 0 Å². The van der Waals surface area contributed by atoms with Crippen LogP contribution in [0.4, 0.5) is 8.78 Å². The summed E-state index contributed by atoms with van der Waals surface area (Å²) in [5.41, 5.74) is 0.417. The third kappa shape index (κ3) is 3.83. The maximum Gasteiger partial charge on any atom is 0.465 e. The Morgan fingerprint density at radius 3 is 2.26 bits per heavy atom. The van der Waals surface area contributed by atoms with Crippen molar-refractivity contribution in [1.82, 2.24) is 0 Å². The Labute approximate surface area is 121 Å². The molecule has 1 aromatic rings. The second-order valence-corrected chi connectivity index (χ2v) is 6.30. The van der Waals surface area contributed by atoms with E-state index in [0.717, 1.165) is 3.57 Å². The minimum atomic E-state index is -5.85. The van der Waals surface area contributed by atoms with Crippen LogP contribution in [0.3, 0.4) is 0 Å². The van der Waals surface area contributed by atoms with Gasteiger partial charge in [-0.15, -0.1) is 0 Å². The van der Waals surface area contributed by atoms with Crippen LogP contribution in [0.15, 0.2) is 24.3 Å². The Kier molecular flexibility index (Phi) is 4.85. The summed E-state index contributed by atoms with van der Waals surface area (Å²) in [6, 6.07) is 6.43. The van der Waals surface area contributed by atoms with Crippen molar-refractivity contribution in [3.05, 3.63) is 33.4 Å². The number of hydrogen-bond donors (Lipinski definition) is 1. The molecule has 0 aliphatic rings. The lowest BCUT2D eigenvalue weighted by molar-refractivity contribution is -0.166. The summed E-state index contributed by atoms with van der Waals surface area (Å²) < 4.78 is 60.1. The second-order valence-electron chi connectivity index (χ2n) is 3.59. The molecule has 0 amide bonds. The summed E-state index contributed by atoms with van der Waals surface area (Å²) >= 11 is 2.03. The van der Waals surface area contributed by atoms with Crippen molar-refractivity contribution in [3.8, 4) is 0 Å². The van der Waals surface area contributed by atoms with Gasteiger partial charge in [-0.2, -0.15) is 17.2 Å². The van der Waals surface area contributed by atoms with Gasteiger partial charge in [-0.3, -0.25) is 4.55 Å². The first-order chi connectivity index (χ1) is 8.55. The van der Waals surface area contributed by atoms with E-state index in [-0.39, 0.29) is 0 Å². The highest BCUT2D eigenvalue weighted by Crippen LogP contribution is 2.26. The lowest BCUT2D eigenvalue weighted by atomic mass is 10.1. The van der Waals surface area contributed by atoms with Crippen LogP contribution in [0.1, 0.15) is 18.6 Å². The molecule has 9 heteroatoms. The lowest BCUT2D eigenvalue weighted by Gasteiger charge is -2.17. The van der Waals surface area contributed by atoms with Crippen molar-refractivity contribution in [3.63, 3.8) is 0 Å². The molecule has 0 spiro atoms. The first kappa shape index (κ1) is 16.2. The molecule has 19 heavy (non-hydrogen) atoms. The van der Waals surface area contributed by atoms with E-state index in [1.807, 2.05) is 22.6 Å². The molecule has 1 rings (SSSR count). The number of carbonyl (C=O) groups is 1. The van der Waals surface area contributed by atoms with Crippen LogP contribution in [0.25, 0.3) is 0 Å². The molecule has 0 aromatic heterocycles. The number of ether oxygens (including phenoxy) is 1. The molecule has 106 valence electrons. The summed E-state index contributed by atoms with van der Waals surface area (Å²) in [7, 11) is -5.85. The minimum Gasteiger partial charge on any atom is -0.452 e. The average molecular weight is 406 g/mol. The lowest BCUT2D eigenvalue weighted by Crippen LogP contribution is -2.39. The van der Waals surface area contributed by atoms with Crippen LogP contribution >= 0.6 is 22.6 Å². The third-order valence-corrected chi connectivity index (χ3v) is 3.72. The van der Waals surface area contributed by atoms with Crippen molar-refractivity contribution in [1.29, 1.82) is 0 Å². The Bertz CT molecular complexity index is 570. The monoisotopic (exact) mass is 406 g/mol. The zero-order valence-corrected chi connectivity index (χ0v) is 12.5. The summed E-state index contributed by atoms with van der Waals surface area (Å²) in [6.07, 6.45) is -1.07. The van der Waals surface area contributed by atoms with E-state index in [1.165, 1.54) is 6.92 Å². The molecule has 5 nitrogen and oxygen atoms in total. The van der Waals surface area contributed by atoms with Crippen molar-refractivity contribution in [2.75, 3.05) is 0 Å². The molecule has 0 bridgehead atoms. The van der Waals surface area contributed by atoms with Crippen LogP contribution in [0.2, 0.25) is 0 Å². The molecule has 1 unspecified atom stereocenters. The van der Waals surface area contributed by atoms with Crippen LogP contribution < -0.4 is 0 Å². The minimum absolute atomic E-state index is 0.417. The fourth-order valence-corrected chi connectivity index (χ4v) is 1.75. The topological polar surface area (TPSA) is 80.7 Å². The van der Waals surface area contributed by atoms with Gasteiger partial charge in [0.25, 0.3) is 0 Å². The molecule has 0 aliphatic heterocycles. The molecule has 0 saturated carbocycles. The maximum atomic E-state index is 13.0. The van der Waals surface area contributed by atoms with E-state index in [2.05, 4.69) is 4.74 Å². The Balaban J connectivity index is 2.86. The molecule has 0 heterocycles. The van der Waals surface area contributed by atoms with E-state index in [9.17, 15) is 22.0 Å². The van der Waals surface area contributed by atoms with Crippen molar-refractivity contribution in [2.45, 2.75) is 18.3 Å². The van der Waals surface area contributed by atoms with Crippen LogP contribution in [0.5, 0.6) is 0 Å². The maximum absolute atomic E-state index is 13.0. The van der Waals surface area contributed by atoms with E-state index < -0.39 is 27.4 Å². The first-order valence-electron chi connectivity index (χ1n) is 4.87. The molecular weight excluding hydrogens is 397 g/mol. The second kappa shape index (κ2) is 5.67. The Hall–Kier alpha value is -0.810. The normalized spacial score (nSPS) is 13.9. The summed E-state index contributed by atoms with van der Waals surface area (Å²) in [5, 5.41) is -4.98. The molecule has 1 atom stereocenters. The van der Waals surface area contributed by atoms with Crippen LogP contribution in [0, 0.1) is 3.57 Å². The zero-order chi connectivity index (χ0) is 14.8. The van der Waals surface area contributed by atoms with E-state index in [1.54, 1.807) is 24.3 Å².